The summed E-state index contributed by atoms with van der Waals surface area (Å²) in [5.41, 5.74) is 7.46. The van der Waals surface area contributed by atoms with E-state index in [0.717, 1.165) is 43.7 Å². The standard InChI is InChI=1S/C18H25ClN2O/c19-15-7-5-14(6-8-15)18(9-2-10-18)12-21-17(22)11-13-3-1-4-16(13)20/h5-8,13,16H,1-4,9-12,20H2,(H,21,22)/t13-,16+/m0/s1. The topological polar surface area (TPSA) is 55.1 Å². The largest absolute Gasteiger partial charge is 0.355 e. The van der Waals surface area contributed by atoms with Gasteiger partial charge in [-0.25, -0.2) is 0 Å². The van der Waals surface area contributed by atoms with Crippen molar-refractivity contribution in [2.75, 3.05) is 6.54 Å². The van der Waals surface area contributed by atoms with Gasteiger partial charge in [0, 0.05) is 29.4 Å². The molecule has 1 aromatic rings. The quantitative estimate of drug-likeness (QED) is 0.873. The highest BCUT2D eigenvalue weighted by Gasteiger charge is 2.39. The Morgan fingerprint density at radius 3 is 2.50 bits per heavy atom. The highest BCUT2D eigenvalue weighted by molar-refractivity contribution is 6.30. The number of halogens is 1. The lowest BCUT2D eigenvalue weighted by atomic mass is 9.64. The summed E-state index contributed by atoms with van der Waals surface area (Å²) in [7, 11) is 0. The van der Waals surface area contributed by atoms with Crippen molar-refractivity contribution in [2.24, 2.45) is 11.7 Å². The Bertz CT molecular complexity index is 524. The van der Waals surface area contributed by atoms with E-state index in [0.29, 0.717) is 12.3 Å². The maximum Gasteiger partial charge on any atom is 0.220 e. The van der Waals surface area contributed by atoms with Crippen molar-refractivity contribution in [2.45, 2.75) is 56.4 Å². The summed E-state index contributed by atoms with van der Waals surface area (Å²) in [5.74, 6) is 0.524. The Labute approximate surface area is 137 Å². The van der Waals surface area contributed by atoms with Gasteiger partial charge in [0.05, 0.1) is 0 Å². The maximum atomic E-state index is 12.2. The van der Waals surface area contributed by atoms with Crippen molar-refractivity contribution in [1.82, 2.24) is 5.32 Å². The molecule has 0 heterocycles. The van der Waals surface area contributed by atoms with Crippen molar-refractivity contribution in [3.63, 3.8) is 0 Å². The molecule has 0 saturated heterocycles. The Morgan fingerprint density at radius 2 is 1.95 bits per heavy atom. The van der Waals surface area contributed by atoms with Crippen LogP contribution in [0.4, 0.5) is 0 Å². The number of nitrogens with one attached hydrogen (secondary N) is 1. The molecule has 22 heavy (non-hydrogen) atoms. The third-order valence-corrected chi connectivity index (χ3v) is 5.81. The van der Waals surface area contributed by atoms with Crippen molar-refractivity contribution < 1.29 is 4.79 Å². The SMILES string of the molecule is N[C@@H]1CCC[C@H]1CC(=O)NCC1(c2ccc(Cl)cc2)CCC1. The number of nitrogens with two attached hydrogens (primary N) is 1. The van der Waals surface area contributed by atoms with Crippen molar-refractivity contribution in [3.05, 3.63) is 34.9 Å². The van der Waals surface area contributed by atoms with Gasteiger partial charge >= 0.3 is 0 Å². The summed E-state index contributed by atoms with van der Waals surface area (Å²) >= 11 is 5.98. The van der Waals surface area contributed by atoms with Gasteiger partial charge in [-0.3, -0.25) is 4.79 Å². The smallest absolute Gasteiger partial charge is 0.220 e. The number of carbonyl (C=O) groups excluding carboxylic acids is 1. The van der Waals surface area contributed by atoms with Crippen LogP contribution < -0.4 is 11.1 Å². The maximum absolute atomic E-state index is 12.2. The summed E-state index contributed by atoms with van der Waals surface area (Å²) in [5, 5.41) is 3.92. The summed E-state index contributed by atoms with van der Waals surface area (Å²) in [4.78, 5) is 12.2. The van der Waals surface area contributed by atoms with Crippen LogP contribution in [0.5, 0.6) is 0 Å². The summed E-state index contributed by atoms with van der Waals surface area (Å²) in [6.45, 7) is 0.732. The van der Waals surface area contributed by atoms with E-state index < -0.39 is 0 Å². The highest BCUT2D eigenvalue weighted by atomic mass is 35.5. The molecule has 0 bridgehead atoms. The van der Waals surface area contributed by atoms with Gasteiger partial charge in [-0.05, 0) is 49.3 Å². The summed E-state index contributed by atoms with van der Waals surface area (Å²) < 4.78 is 0. The number of hydrogen-bond acceptors (Lipinski definition) is 2. The van der Waals surface area contributed by atoms with Crippen LogP contribution in [0, 0.1) is 5.92 Å². The first kappa shape index (κ1) is 15.8. The molecular weight excluding hydrogens is 296 g/mol. The average molecular weight is 321 g/mol. The van der Waals surface area contributed by atoms with Gasteiger partial charge in [0.15, 0.2) is 0 Å². The van der Waals surface area contributed by atoms with E-state index in [4.69, 9.17) is 17.3 Å². The Kier molecular flexibility index (Phi) is 4.74. The van der Waals surface area contributed by atoms with Gasteiger partial charge in [0.2, 0.25) is 5.91 Å². The van der Waals surface area contributed by atoms with E-state index in [1.807, 2.05) is 12.1 Å². The van der Waals surface area contributed by atoms with E-state index in [1.54, 1.807) is 0 Å². The summed E-state index contributed by atoms with van der Waals surface area (Å²) in [6, 6.07) is 8.29. The molecule has 120 valence electrons. The average Bonchev–Trinajstić information content (AvgIpc) is 2.85. The second kappa shape index (κ2) is 6.59. The molecule has 0 radical (unpaired) electrons. The molecule has 3 rings (SSSR count). The minimum Gasteiger partial charge on any atom is -0.355 e. The second-order valence-corrected chi connectivity index (χ2v) is 7.41. The zero-order valence-electron chi connectivity index (χ0n) is 13.0. The molecule has 2 saturated carbocycles. The van der Waals surface area contributed by atoms with Crippen LogP contribution in [-0.4, -0.2) is 18.5 Å². The summed E-state index contributed by atoms with van der Waals surface area (Å²) in [6.07, 6.45) is 7.40. The normalized spacial score (nSPS) is 26.5. The molecule has 4 heteroatoms. The number of amides is 1. The molecule has 3 N–H and O–H groups in total. The molecule has 2 aliphatic carbocycles. The molecule has 2 fully saturated rings. The lowest BCUT2D eigenvalue weighted by molar-refractivity contribution is -0.122. The van der Waals surface area contributed by atoms with Crippen LogP contribution in [0.1, 0.15) is 50.5 Å². The molecule has 0 unspecified atom stereocenters. The van der Waals surface area contributed by atoms with E-state index in [-0.39, 0.29) is 17.4 Å². The fourth-order valence-electron chi connectivity index (χ4n) is 3.87. The number of hydrogen-bond donors (Lipinski definition) is 2. The molecule has 1 aromatic carbocycles. The minimum atomic E-state index is 0.109. The van der Waals surface area contributed by atoms with E-state index in [2.05, 4.69) is 17.4 Å². The predicted octanol–water partition coefficient (Wildman–Crippen LogP) is 3.40. The first-order valence-electron chi connectivity index (χ1n) is 8.37. The van der Waals surface area contributed by atoms with Gasteiger partial charge < -0.3 is 11.1 Å². The van der Waals surface area contributed by atoms with Crippen molar-refractivity contribution in [1.29, 1.82) is 0 Å². The molecule has 0 spiro atoms. The lowest BCUT2D eigenvalue weighted by Crippen LogP contribution is -2.46. The monoisotopic (exact) mass is 320 g/mol. The van der Waals surface area contributed by atoms with Gasteiger partial charge in [-0.1, -0.05) is 36.6 Å². The van der Waals surface area contributed by atoms with Crippen molar-refractivity contribution in [3.8, 4) is 0 Å². The van der Waals surface area contributed by atoms with Crippen LogP contribution >= 0.6 is 11.6 Å². The zero-order chi connectivity index (χ0) is 15.6. The first-order chi connectivity index (χ1) is 10.6. The van der Waals surface area contributed by atoms with Crippen LogP contribution in [0.3, 0.4) is 0 Å². The molecular formula is C18H25ClN2O. The molecule has 2 atom stereocenters. The van der Waals surface area contributed by atoms with Gasteiger partial charge in [0.1, 0.15) is 0 Å². The van der Waals surface area contributed by atoms with Crippen LogP contribution in [0.25, 0.3) is 0 Å². The molecule has 0 aliphatic heterocycles. The Morgan fingerprint density at radius 1 is 1.23 bits per heavy atom. The minimum absolute atomic E-state index is 0.109. The van der Waals surface area contributed by atoms with E-state index in [1.165, 1.54) is 12.0 Å². The van der Waals surface area contributed by atoms with Gasteiger partial charge in [-0.15, -0.1) is 0 Å². The third-order valence-electron chi connectivity index (χ3n) is 5.56. The third kappa shape index (κ3) is 3.31. The van der Waals surface area contributed by atoms with Gasteiger partial charge in [-0.2, -0.15) is 0 Å². The van der Waals surface area contributed by atoms with Crippen LogP contribution in [-0.2, 0) is 10.2 Å². The number of benzene rings is 1. The molecule has 1 amide bonds. The predicted molar refractivity (Wildman–Crippen MR) is 89.9 cm³/mol. The van der Waals surface area contributed by atoms with Crippen molar-refractivity contribution >= 4 is 17.5 Å². The fourth-order valence-corrected chi connectivity index (χ4v) is 4.00. The highest BCUT2D eigenvalue weighted by Crippen LogP contribution is 2.43. The number of rotatable bonds is 5. The van der Waals surface area contributed by atoms with E-state index >= 15 is 0 Å². The molecule has 0 aromatic heterocycles. The molecule has 3 nitrogen and oxygen atoms in total. The van der Waals surface area contributed by atoms with Gasteiger partial charge in [0.25, 0.3) is 0 Å². The molecule has 2 aliphatic rings. The Hall–Kier alpha value is -1.06. The van der Waals surface area contributed by atoms with E-state index in [9.17, 15) is 4.79 Å². The lowest BCUT2D eigenvalue weighted by Gasteiger charge is -2.42. The Balaban J connectivity index is 1.56. The fraction of sp³-hybridized carbons (Fsp3) is 0.611. The van der Waals surface area contributed by atoms with Crippen LogP contribution in [0.2, 0.25) is 5.02 Å². The second-order valence-electron chi connectivity index (χ2n) is 6.98. The number of carbonyl (C=O) groups is 1. The zero-order valence-corrected chi connectivity index (χ0v) is 13.7. The first-order valence-corrected chi connectivity index (χ1v) is 8.75. The van der Waals surface area contributed by atoms with Crippen LogP contribution in [0.15, 0.2) is 24.3 Å².